The fourth-order valence-corrected chi connectivity index (χ4v) is 1.51. The second-order valence-electron chi connectivity index (χ2n) is 3.56. The van der Waals surface area contributed by atoms with Gasteiger partial charge >= 0.3 is 0 Å². The molecule has 1 aliphatic rings. The third-order valence-corrected chi connectivity index (χ3v) is 2.57. The van der Waals surface area contributed by atoms with Crippen LogP contribution in [0.5, 0.6) is 0 Å². The smallest absolute Gasteiger partial charge is 0.0947 e. The van der Waals surface area contributed by atoms with Crippen molar-refractivity contribution in [3.63, 3.8) is 0 Å². The Morgan fingerprint density at radius 2 is 2.42 bits per heavy atom. The SMILES string of the molecule is c1cc(CNCC2CCC2)co1. The molecule has 1 N–H and O–H groups in total. The van der Waals surface area contributed by atoms with Crippen LogP contribution in [0.15, 0.2) is 23.0 Å². The summed E-state index contributed by atoms with van der Waals surface area (Å²) in [6.07, 6.45) is 7.78. The molecule has 0 atom stereocenters. The van der Waals surface area contributed by atoms with Crippen molar-refractivity contribution in [3.05, 3.63) is 24.2 Å². The van der Waals surface area contributed by atoms with Gasteiger partial charge in [0.15, 0.2) is 0 Å². The molecule has 0 radical (unpaired) electrons. The van der Waals surface area contributed by atoms with Crippen LogP contribution in [-0.4, -0.2) is 6.54 Å². The van der Waals surface area contributed by atoms with Gasteiger partial charge in [-0.3, -0.25) is 0 Å². The van der Waals surface area contributed by atoms with Gasteiger partial charge in [0.25, 0.3) is 0 Å². The number of hydrogen-bond acceptors (Lipinski definition) is 2. The summed E-state index contributed by atoms with van der Waals surface area (Å²) in [7, 11) is 0. The van der Waals surface area contributed by atoms with Crippen molar-refractivity contribution in [3.8, 4) is 0 Å². The summed E-state index contributed by atoms with van der Waals surface area (Å²) in [6.45, 7) is 2.12. The molecular formula is C10H15NO. The van der Waals surface area contributed by atoms with E-state index < -0.39 is 0 Å². The first-order valence-corrected chi connectivity index (χ1v) is 4.67. The monoisotopic (exact) mass is 165 g/mol. The topological polar surface area (TPSA) is 25.2 Å². The van der Waals surface area contributed by atoms with Crippen LogP contribution in [0, 0.1) is 5.92 Å². The molecule has 1 aromatic heterocycles. The zero-order chi connectivity index (χ0) is 8.23. The molecule has 0 aromatic carbocycles. The molecule has 66 valence electrons. The van der Waals surface area contributed by atoms with Crippen molar-refractivity contribution in [2.24, 2.45) is 5.92 Å². The van der Waals surface area contributed by atoms with Crippen molar-refractivity contribution in [1.82, 2.24) is 5.32 Å². The molecule has 1 saturated carbocycles. The van der Waals surface area contributed by atoms with Gasteiger partial charge in [-0.25, -0.2) is 0 Å². The van der Waals surface area contributed by atoms with Crippen LogP contribution in [-0.2, 0) is 6.54 Å². The summed E-state index contributed by atoms with van der Waals surface area (Å²) in [5.41, 5.74) is 1.24. The van der Waals surface area contributed by atoms with Gasteiger partial charge < -0.3 is 9.73 Å². The zero-order valence-corrected chi connectivity index (χ0v) is 7.25. The van der Waals surface area contributed by atoms with Gasteiger partial charge in [-0.05, 0) is 31.4 Å². The van der Waals surface area contributed by atoms with E-state index in [2.05, 4.69) is 5.32 Å². The Bertz CT molecular complexity index is 214. The molecule has 0 amide bonds. The summed E-state index contributed by atoms with van der Waals surface area (Å²) in [6, 6.07) is 2.01. The Morgan fingerprint density at radius 3 is 3.00 bits per heavy atom. The quantitative estimate of drug-likeness (QED) is 0.739. The normalized spacial score (nSPS) is 17.7. The van der Waals surface area contributed by atoms with E-state index in [1.54, 1.807) is 12.5 Å². The van der Waals surface area contributed by atoms with Gasteiger partial charge in [-0.2, -0.15) is 0 Å². The highest BCUT2D eigenvalue weighted by molar-refractivity contribution is 5.04. The van der Waals surface area contributed by atoms with Crippen molar-refractivity contribution < 1.29 is 4.42 Å². The van der Waals surface area contributed by atoms with Gasteiger partial charge in [-0.15, -0.1) is 0 Å². The second kappa shape index (κ2) is 3.76. The Morgan fingerprint density at radius 1 is 1.50 bits per heavy atom. The van der Waals surface area contributed by atoms with Gasteiger partial charge in [0.1, 0.15) is 0 Å². The number of furan rings is 1. The highest BCUT2D eigenvalue weighted by Crippen LogP contribution is 2.25. The molecule has 12 heavy (non-hydrogen) atoms. The fourth-order valence-electron chi connectivity index (χ4n) is 1.51. The molecule has 0 spiro atoms. The van der Waals surface area contributed by atoms with Gasteiger partial charge in [0.05, 0.1) is 12.5 Å². The molecular weight excluding hydrogens is 150 g/mol. The fraction of sp³-hybridized carbons (Fsp3) is 0.600. The highest BCUT2D eigenvalue weighted by atomic mass is 16.3. The number of hydrogen-bond donors (Lipinski definition) is 1. The first kappa shape index (κ1) is 7.87. The Kier molecular flexibility index (Phi) is 2.47. The summed E-state index contributed by atoms with van der Waals surface area (Å²) in [5, 5.41) is 3.43. The Hall–Kier alpha value is -0.760. The number of rotatable bonds is 4. The van der Waals surface area contributed by atoms with E-state index >= 15 is 0 Å². The maximum atomic E-state index is 4.97. The van der Waals surface area contributed by atoms with Crippen LogP contribution in [0.2, 0.25) is 0 Å². The van der Waals surface area contributed by atoms with E-state index in [-0.39, 0.29) is 0 Å². The van der Waals surface area contributed by atoms with E-state index in [1.165, 1.54) is 31.4 Å². The predicted octanol–water partition coefficient (Wildman–Crippen LogP) is 2.17. The lowest BCUT2D eigenvalue weighted by Gasteiger charge is -2.25. The summed E-state index contributed by atoms with van der Waals surface area (Å²) < 4.78 is 4.97. The van der Waals surface area contributed by atoms with Crippen molar-refractivity contribution >= 4 is 0 Å². The summed E-state index contributed by atoms with van der Waals surface area (Å²) >= 11 is 0. The molecule has 0 saturated heterocycles. The van der Waals surface area contributed by atoms with Crippen LogP contribution in [0.25, 0.3) is 0 Å². The summed E-state index contributed by atoms with van der Waals surface area (Å²) in [4.78, 5) is 0. The average Bonchev–Trinajstić information content (AvgIpc) is 2.46. The van der Waals surface area contributed by atoms with Crippen LogP contribution < -0.4 is 5.32 Å². The lowest BCUT2D eigenvalue weighted by molar-refractivity contribution is 0.301. The second-order valence-corrected chi connectivity index (χ2v) is 3.56. The lowest BCUT2D eigenvalue weighted by atomic mass is 9.85. The van der Waals surface area contributed by atoms with Crippen molar-refractivity contribution in [2.75, 3.05) is 6.54 Å². The van der Waals surface area contributed by atoms with Crippen LogP contribution >= 0.6 is 0 Å². The molecule has 2 rings (SSSR count). The standard InChI is InChI=1S/C10H15NO/c1-2-9(3-1)6-11-7-10-4-5-12-8-10/h4-5,8-9,11H,1-3,6-7H2. The van der Waals surface area contributed by atoms with Crippen molar-refractivity contribution in [2.45, 2.75) is 25.8 Å². The minimum atomic E-state index is 0.942. The molecule has 1 aliphatic carbocycles. The molecule has 0 aliphatic heterocycles. The lowest BCUT2D eigenvalue weighted by Crippen LogP contribution is -2.26. The van der Waals surface area contributed by atoms with Crippen LogP contribution in [0.4, 0.5) is 0 Å². The first-order chi connectivity index (χ1) is 5.95. The molecule has 1 fully saturated rings. The van der Waals surface area contributed by atoms with E-state index in [4.69, 9.17) is 4.42 Å². The molecule has 0 unspecified atom stereocenters. The predicted molar refractivity (Wildman–Crippen MR) is 47.8 cm³/mol. The maximum Gasteiger partial charge on any atom is 0.0947 e. The molecule has 0 bridgehead atoms. The third-order valence-electron chi connectivity index (χ3n) is 2.57. The van der Waals surface area contributed by atoms with E-state index in [0.717, 1.165) is 12.5 Å². The Balaban J connectivity index is 1.62. The molecule has 1 aromatic rings. The summed E-state index contributed by atoms with van der Waals surface area (Å²) in [5.74, 6) is 0.942. The third kappa shape index (κ3) is 1.89. The molecule has 2 heteroatoms. The number of nitrogens with one attached hydrogen (secondary N) is 1. The first-order valence-electron chi connectivity index (χ1n) is 4.67. The average molecular weight is 165 g/mol. The van der Waals surface area contributed by atoms with Gasteiger partial charge in [-0.1, -0.05) is 6.42 Å². The molecule has 1 heterocycles. The van der Waals surface area contributed by atoms with E-state index in [0.29, 0.717) is 0 Å². The van der Waals surface area contributed by atoms with Gasteiger partial charge in [0.2, 0.25) is 0 Å². The maximum absolute atomic E-state index is 4.97. The van der Waals surface area contributed by atoms with Crippen molar-refractivity contribution in [1.29, 1.82) is 0 Å². The largest absolute Gasteiger partial charge is 0.472 e. The van der Waals surface area contributed by atoms with Crippen LogP contribution in [0.1, 0.15) is 24.8 Å². The minimum Gasteiger partial charge on any atom is -0.472 e. The Labute approximate surface area is 73.0 Å². The highest BCUT2D eigenvalue weighted by Gasteiger charge is 2.16. The molecule has 2 nitrogen and oxygen atoms in total. The van der Waals surface area contributed by atoms with Crippen LogP contribution in [0.3, 0.4) is 0 Å². The van der Waals surface area contributed by atoms with E-state index in [1.807, 2.05) is 6.07 Å². The van der Waals surface area contributed by atoms with Gasteiger partial charge in [0, 0.05) is 12.1 Å². The minimum absolute atomic E-state index is 0.942. The zero-order valence-electron chi connectivity index (χ0n) is 7.25. The van der Waals surface area contributed by atoms with E-state index in [9.17, 15) is 0 Å².